The van der Waals surface area contributed by atoms with Gasteiger partial charge in [0.1, 0.15) is 11.6 Å². The van der Waals surface area contributed by atoms with E-state index >= 15 is 0 Å². The van der Waals surface area contributed by atoms with Gasteiger partial charge in [-0.1, -0.05) is 12.1 Å². The topological polar surface area (TPSA) is 106 Å². The first-order valence-corrected chi connectivity index (χ1v) is 11.5. The lowest BCUT2D eigenvalue weighted by molar-refractivity contribution is 0.0935. The highest BCUT2D eigenvalue weighted by atomic mass is 32.1. The van der Waals surface area contributed by atoms with Crippen LogP contribution in [0, 0.1) is 5.82 Å². The first-order chi connectivity index (χ1) is 16.1. The zero-order chi connectivity index (χ0) is 22.8. The van der Waals surface area contributed by atoms with Crippen molar-refractivity contribution in [2.24, 2.45) is 5.73 Å². The van der Waals surface area contributed by atoms with Gasteiger partial charge in [0, 0.05) is 63.1 Å². The summed E-state index contributed by atoms with van der Waals surface area (Å²) >= 11 is 1.38. The largest absolute Gasteiger partial charge is 0.344 e. The maximum absolute atomic E-state index is 13.1. The van der Waals surface area contributed by atoms with Crippen molar-refractivity contribution in [1.29, 1.82) is 0 Å². The number of carbonyl (C=O) groups is 1. The number of Topliss-reactive ketones (excluding diaryl/α,β-unsaturated/α-hetero) is 1. The second-order valence-electron chi connectivity index (χ2n) is 8.00. The quantitative estimate of drug-likeness (QED) is 0.410. The fourth-order valence-electron chi connectivity index (χ4n) is 3.91. The minimum atomic E-state index is -0.643. The third-order valence-electron chi connectivity index (χ3n) is 5.71. The van der Waals surface area contributed by atoms with Crippen molar-refractivity contribution in [2.45, 2.75) is 12.5 Å². The average Bonchev–Trinajstić information content (AvgIpc) is 3.48. The Kier molecular flexibility index (Phi) is 6.07. The van der Waals surface area contributed by atoms with Crippen LogP contribution in [0.15, 0.2) is 48.9 Å². The number of nitrogens with two attached hydrogens (primary N) is 1. The zero-order valence-electron chi connectivity index (χ0n) is 17.8. The summed E-state index contributed by atoms with van der Waals surface area (Å²) in [6.45, 7) is 3.60. The molecular formula is C22H23FN8OS. The zero-order valence-corrected chi connectivity index (χ0v) is 18.7. The van der Waals surface area contributed by atoms with Gasteiger partial charge >= 0.3 is 0 Å². The third-order valence-corrected chi connectivity index (χ3v) is 6.53. The highest BCUT2D eigenvalue weighted by Gasteiger charge is 2.26. The first kappa shape index (κ1) is 21.6. The Morgan fingerprint density at radius 2 is 1.97 bits per heavy atom. The van der Waals surface area contributed by atoms with Crippen LogP contribution in [0.4, 0.5) is 9.52 Å². The van der Waals surface area contributed by atoms with Crippen molar-refractivity contribution in [3.8, 4) is 0 Å². The number of anilines is 1. The first-order valence-electron chi connectivity index (χ1n) is 10.7. The van der Waals surface area contributed by atoms with Crippen LogP contribution < -0.4 is 10.6 Å². The van der Waals surface area contributed by atoms with E-state index in [0.717, 1.165) is 42.7 Å². The molecule has 4 heterocycles. The van der Waals surface area contributed by atoms with Gasteiger partial charge < -0.3 is 10.6 Å². The molecule has 2 N–H and O–H groups in total. The molecule has 0 radical (unpaired) electrons. The van der Waals surface area contributed by atoms with Gasteiger partial charge in [0.25, 0.3) is 0 Å². The molecule has 0 saturated carbocycles. The highest BCUT2D eigenvalue weighted by Crippen LogP contribution is 2.21. The molecule has 11 heteroatoms. The number of hydrogen-bond donors (Lipinski definition) is 1. The molecule has 0 amide bonds. The van der Waals surface area contributed by atoms with Gasteiger partial charge in [0.15, 0.2) is 11.4 Å². The van der Waals surface area contributed by atoms with Gasteiger partial charge in [-0.15, -0.1) is 0 Å². The molecule has 4 aromatic rings. The number of ketones is 1. The van der Waals surface area contributed by atoms with Crippen molar-refractivity contribution in [1.82, 2.24) is 28.9 Å². The lowest BCUT2D eigenvalue weighted by Crippen LogP contribution is -2.51. The van der Waals surface area contributed by atoms with Crippen LogP contribution in [-0.2, 0) is 6.42 Å². The molecule has 1 saturated heterocycles. The summed E-state index contributed by atoms with van der Waals surface area (Å²) in [4.78, 5) is 26.1. The molecule has 0 aliphatic carbocycles. The van der Waals surface area contributed by atoms with Crippen LogP contribution in [0.3, 0.4) is 0 Å². The summed E-state index contributed by atoms with van der Waals surface area (Å²) in [5.41, 5.74) is 8.20. The summed E-state index contributed by atoms with van der Waals surface area (Å²) in [6, 6.07) is 7.52. The monoisotopic (exact) mass is 466 g/mol. The van der Waals surface area contributed by atoms with Gasteiger partial charge in [-0.05, 0) is 23.8 Å². The summed E-state index contributed by atoms with van der Waals surface area (Å²) in [5.74, 6) is 0.333. The smallest absolute Gasteiger partial charge is 0.205 e. The lowest BCUT2D eigenvalue weighted by Gasteiger charge is -2.35. The standard InChI is InChI=1S/C22H23FN8OS/c23-16-4-2-15(3-5-16)12-19-27-22(33-28-19)30-10-8-29(9-11-30)14-18(24)20(32)17-13-26-31-7-1-6-25-21(17)31/h1-7,13,18H,8-12,14,24H2. The fraction of sp³-hybridized carbons (Fsp3) is 0.318. The molecule has 170 valence electrons. The number of fused-ring (bicyclic) bond motifs is 1. The predicted octanol–water partition coefficient (Wildman–Crippen LogP) is 1.64. The van der Waals surface area contributed by atoms with Crippen LogP contribution in [0.1, 0.15) is 21.7 Å². The number of carbonyl (C=O) groups excluding carboxylic acids is 1. The van der Waals surface area contributed by atoms with E-state index in [1.165, 1.54) is 29.9 Å². The summed E-state index contributed by atoms with van der Waals surface area (Å²) < 4.78 is 19.1. The van der Waals surface area contributed by atoms with Gasteiger partial charge in [-0.25, -0.2) is 18.9 Å². The number of piperazine rings is 1. The van der Waals surface area contributed by atoms with Crippen LogP contribution >= 0.6 is 11.5 Å². The third kappa shape index (κ3) is 4.75. The molecule has 1 fully saturated rings. The Hall–Kier alpha value is -3.28. The highest BCUT2D eigenvalue weighted by molar-refractivity contribution is 7.09. The Morgan fingerprint density at radius 3 is 2.76 bits per heavy atom. The van der Waals surface area contributed by atoms with Gasteiger partial charge in [-0.2, -0.15) is 9.47 Å². The normalized spacial score (nSPS) is 15.8. The average molecular weight is 467 g/mol. The molecule has 0 spiro atoms. The molecule has 1 unspecified atom stereocenters. The van der Waals surface area contributed by atoms with E-state index in [1.807, 2.05) is 0 Å². The Labute approximate surface area is 193 Å². The Morgan fingerprint density at radius 1 is 1.18 bits per heavy atom. The SMILES string of the molecule is NC(CN1CCN(c2nc(Cc3ccc(F)cc3)ns2)CC1)C(=O)c1cnn2cccnc12. The van der Waals surface area contributed by atoms with E-state index < -0.39 is 6.04 Å². The van der Waals surface area contributed by atoms with Crippen molar-refractivity contribution < 1.29 is 9.18 Å². The summed E-state index contributed by atoms with van der Waals surface area (Å²) in [5, 5.41) is 5.05. The maximum atomic E-state index is 13.1. The number of benzene rings is 1. The molecule has 5 rings (SSSR count). The second-order valence-corrected chi connectivity index (χ2v) is 8.73. The van der Waals surface area contributed by atoms with E-state index in [9.17, 15) is 9.18 Å². The van der Waals surface area contributed by atoms with Crippen LogP contribution in [-0.4, -0.2) is 73.4 Å². The molecule has 0 bridgehead atoms. The molecule has 1 aliphatic heterocycles. The second kappa shape index (κ2) is 9.30. The molecule has 1 aliphatic rings. The van der Waals surface area contributed by atoms with Crippen molar-refractivity contribution in [3.63, 3.8) is 0 Å². The number of nitrogens with zero attached hydrogens (tertiary/aromatic N) is 7. The summed E-state index contributed by atoms with van der Waals surface area (Å²) in [7, 11) is 0. The van der Waals surface area contributed by atoms with Gasteiger partial charge in [0.05, 0.1) is 17.8 Å². The minimum Gasteiger partial charge on any atom is -0.344 e. The van der Waals surface area contributed by atoms with Crippen molar-refractivity contribution >= 4 is 28.1 Å². The van der Waals surface area contributed by atoms with E-state index in [4.69, 9.17) is 5.73 Å². The molecule has 33 heavy (non-hydrogen) atoms. The Balaban J connectivity index is 1.15. The molecule has 3 aromatic heterocycles. The van der Waals surface area contributed by atoms with E-state index in [2.05, 4.69) is 29.2 Å². The molecule has 9 nitrogen and oxygen atoms in total. The number of rotatable bonds is 7. The lowest BCUT2D eigenvalue weighted by atomic mass is 10.1. The summed E-state index contributed by atoms with van der Waals surface area (Å²) in [6.07, 6.45) is 5.49. The van der Waals surface area contributed by atoms with Crippen LogP contribution in [0.2, 0.25) is 0 Å². The predicted molar refractivity (Wildman–Crippen MR) is 123 cm³/mol. The number of halogens is 1. The molecular weight excluding hydrogens is 443 g/mol. The van der Waals surface area contributed by atoms with Crippen LogP contribution in [0.25, 0.3) is 5.65 Å². The van der Waals surface area contributed by atoms with Crippen molar-refractivity contribution in [3.05, 3.63) is 71.7 Å². The Bertz CT molecular complexity index is 1250. The number of aromatic nitrogens is 5. The number of hydrogen-bond acceptors (Lipinski definition) is 9. The van der Waals surface area contributed by atoms with Gasteiger partial charge in [0.2, 0.25) is 5.13 Å². The van der Waals surface area contributed by atoms with Crippen molar-refractivity contribution in [2.75, 3.05) is 37.6 Å². The molecule has 1 aromatic carbocycles. The fourth-order valence-corrected chi connectivity index (χ4v) is 4.65. The maximum Gasteiger partial charge on any atom is 0.205 e. The van der Waals surface area contributed by atoms with Gasteiger partial charge in [-0.3, -0.25) is 9.69 Å². The molecule has 1 atom stereocenters. The van der Waals surface area contributed by atoms with E-state index in [0.29, 0.717) is 24.2 Å². The minimum absolute atomic E-state index is 0.152. The van der Waals surface area contributed by atoms with E-state index in [-0.39, 0.29) is 11.6 Å². The van der Waals surface area contributed by atoms with Crippen LogP contribution in [0.5, 0.6) is 0 Å². The van der Waals surface area contributed by atoms with E-state index in [1.54, 1.807) is 35.1 Å².